The topological polar surface area (TPSA) is 33.1 Å². The molecule has 1 saturated heterocycles. The van der Waals surface area contributed by atoms with Gasteiger partial charge in [-0.1, -0.05) is 13.3 Å². The average Bonchev–Trinajstić information content (AvgIpc) is 2.65. The highest BCUT2D eigenvalue weighted by Crippen LogP contribution is 2.09. The van der Waals surface area contributed by atoms with Gasteiger partial charge in [-0.2, -0.15) is 5.10 Å². The Hall–Kier alpha value is -0.870. The van der Waals surface area contributed by atoms with E-state index in [1.807, 2.05) is 17.9 Å². The Morgan fingerprint density at radius 1 is 1.56 bits per heavy atom. The molecule has 2 heterocycles. The third-order valence-corrected chi connectivity index (χ3v) is 3.14. The Bertz CT molecular complexity index is 319. The number of aryl methyl sites for hydroxylation is 1. The van der Waals surface area contributed by atoms with Gasteiger partial charge in [-0.15, -0.1) is 0 Å². The molecule has 1 aromatic heterocycles. The molecule has 1 aliphatic heterocycles. The standard InChI is InChI=1S/C12H22N4/c1-3-4-12-10-16(6-5-13-12)9-11-7-14-15(2)8-11/h7-8,12-13H,3-6,9-10H2,1-2H3. The van der Waals surface area contributed by atoms with Gasteiger partial charge in [0.05, 0.1) is 6.20 Å². The summed E-state index contributed by atoms with van der Waals surface area (Å²) < 4.78 is 1.88. The molecule has 1 aromatic rings. The van der Waals surface area contributed by atoms with E-state index >= 15 is 0 Å². The Morgan fingerprint density at radius 2 is 2.44 bits per heavy atom. The van der Waals surface area contributed by atoms with Crippen LogP contribution in [0.3, 0.4) is 0 Å². The highest BCUT2D eigenvalue weighted by atomic mass is 15.3. The van der Waals surface area contributed by atoms with Gasteiger partial charge in [-0.3, -0.25) is 9.58 Å². The number of nitrogens with one attached hydrogen (secondary N) is 1. The van der Waals surface area contributed by atoms with Gasteiger partial charge in [0.25, 0.3) is 0 Å². The van der Waals surface area contributed by atoms with E-state index in [9.17, 15) is 0 Å². The highest BCUT2D eigenvalue weighted by molar-refractivity contribution is 5.03. The predicted octanol–water partition coefficient (Wildman–Crippen LogP) is 0.994. The Kier molecular flexibility index (Phi) is 3.96. The van der Waals surface area contributed by atoms with E-state index in [4.69, 9.17) is 0 Å². The summed E-state index contributed by atoms with van der Waals surface area (Å²) in [6.07, 6.45) is 6.62. The zero-order valence-corrected chi connectivity index (χ0v) is 10.3. The van der Waals surface area contributed by atoms with Gasteiger partial charge < -0.3 is 5.32 Å². The lowest BCUT2D eigenvalue weighted by atomic mass is 10.1. The van der Waals surface area contributed by atoms with Crippen LogP contribution in [0.4, 0.5) is 0 Å². The third kappa shape index (κ3) is 3.06. The fraction of sp³-hybridized carbons (Fsp3) is 0.750. The van der Waals surface area contributed by atoms with Gasteiger partial charge in [0.15, 0.2) is 0 Å². The van der Waals surface area contributed by atoms with Crippen molar-refractivity contribution in [1.82, 2.24) is 20.0 Å². The van der Waals surface area contributed by atoms with E-state index in [-0.39, 0.29) is 0 Å². The minimum absolute atomic E-state index is 0.676. The van der Waals surface area contributed by atoms with Crippen LogP contribution in [0.25, 0.3) is 0 Å². The Morgan fingerprint density at radius 3 is 3.12 bits per heavy atom. The van der Waals surface area contributed by atoms with Crippen LogP contribution in [-0.4, -0.2) is 40.4 Å². The van der Waals surface area contributed by atoms with Gasteiger partial charge in [-0.05, 0) is 6.42 Å². The second kappa shape index (κ2) is 5.46. The molecule has 0 radical (unpaired) electrons. The Labute approximate surface area is 97.6 Å². The maximum absolute atomic E-state index is 4.21. The van der Waals surface area contributed by atoms with Crippen LogP contribution in [0.2, 0.25) is 0 Å². The number of hydrogen-bond donors (Lipinski definition) is 1. The van der Waals surface area contributed by atoms with E-state index in [0.717, 1.165) is 19.6 Å². The number of hydrogen-bond acceptors (Lipinski definition) is 3. The van der Waals surface area contributed by atoms with E-state index in [0.29, 0.717) is 6.04 Å². The summed E-state index contributed by atoms with van der Waals surface area (Å²) in [4.78, 5) is 2.52. The van der Waals surface area contributed by atoms with Crippen LogP contribution in [0, 0.1) is 0 Å². The first-order valence-corrected chi connectivity index (χ1v) is 6.21. The first kappa shape index (κ1) is 11.6. The van der Waals surface area contributed by atoms with Gasteiger partial charge in [0.1, 0.15) is 0 Å². The smallest absolute Gasteiger partial charge is 0.0534 e. The van der Waals surface area contributed by atoms with Crippen molar-refractivity contribution in [3.05, 3.63) is 18.0 Å². The average molecular weight is 222 g/mol. The van der Waals surface area contributed by atoms with E-state index < -0.39 is 0 Å². The SMILES string of the molecule is CCCC1CN(Cc2cnn(C)c2)CCN1. The third-order valence-electron chi connectivity index (χ3n) is 3.14. The van der Waals surface area contributed by atoms with Crippen molar-refractivity contribution >= 4 is 0 Å². The lowest BCUT2D eigenvalue weighted by molar-refractivity contribution is 0.187. The van der Waals surface area contributed by atoms with E-state index in [1.165, 1.54) is 24.9 Å². The molecule has 0 aromatic carbocycles. The summed E-state index contributed by atoms with van der Waals surface area (Å²) in [7, 11) is 1.97. The van der Waals surface area contributed by atoms with Crippen LogP contribution in [0.15, 0.2) is 12.4 Å². The minimum atomic E-state index is 0.676. The molecule has 1 atom stereocenters. The van der Waals surface area contributed by atoms with Crippen molar-refractivity contribution in [1.29, 1.82) is 0 Å². The summed E-state index contributed by atoms with van der Waals surface area (Å²) in [6.45, 7) is 6.72. The van der Waals surface area contributed by atoms with Crippen molar-refractivity contribution in [3.8, 4) is 0 Å². The molecule has 0 spiro atoms. The molecule has 1 aliphatic rings. The van der Waals surface area contributed by atoms with Crippen LogP contribution in [0.5, 0.6) is 0 Å². The van der Waals surface area contributed by atoms with Crippen molar-refractivity contribution in [2.45, 2.75) is 32.4 Å². The molecule has 1 fully saturated rings. The lowest BCUT2D eigenvalue weighted by Gasteiger charge is -2.33. The number of piperazine rings is 1. The monoisotopic (exact) mass is 222 g/mol. The van der Waals surface area contributed by atoms with Crippen molar-refractivity contribution < 1.29 is 0 Å². The molecule has 1 N–H and O–H groups in total. The molecule has 0 bridgehead atoms. The molecule has 90 valence electrons. The zero-order chi connectivity index (χ0) is 11.4. The van der Waals surface area contributed by atoms with Crippen LogP contribution in [-0.2, 0) is 13.6 Å². The van der Waals surface area contributed by atoms with Gasteiger partial charge in [-0.25, -0.2) is 0 Å². The minimum Gasteiger partial charge on any atom is -0.311 e. The summed E-state index contributed by atoms with van der Waals surface area (Å²) in [5.41, 5.74) is 1.32. The fourth-order valence-electron chi connectivity index (χ4n) is 2.39. The first-order valence-electron chi connectivity index (χ1n) is 6.21. The van der Waals surface area contributed by atoms with Crippen molar-refractivity contribution in [2.75, 3.05) is 19.6 Å². The normalized spacial score (nSPS) is 22.5. The number of nitrogens with zero attached hydrogens (tertiary/aromatic N) is 3. The van der Waals surface area contributed by atoms with E-state index in [1.54, 1.807) is 0 Å². The van der Waals surface area contributed by atoms with Crippen LogP contribution >= 0.6 is 0 Å². The molecule has 16 heavy (non-hydrogen) atoms. The Balaban J connectivity index is 1.85. The van der Waals surface area contributed by atoms with Gasteiger partial charge in [0, 0.05) is 51.0 Å². The summed E-state index contributed by atoms with van der Waals surface area (Å²) in [5.74, 6) is 0. The molecule has 1 unspecified atom stereocenters. The molecule has 0 amide bonds. The molecule has 0 saturated carbocycles. The zero-order valence-electron chi connectivity index (χ0n) is 10.3. The molecule has 2 rings (SSSR count). The second-order valence-electron chi connectivity index (χ2n) is 4.70. The maximum Gasteiger partial charge on any atom is 0.0534 e. The number of aromatic nitrogens is 2. The first-order chi connectivity index (χ1) is 7.78. The molecular weight excluding hydrogens is 200 g/mol. The summed E-state index contributed by atoms with van der Waals surface area (Å²) in [6, 6.07) is 0.676. The summed E-state index contributed by atoms with van der Waals surface area (Å²) >= 11 is 0. The molecule has 4 nitrogen and oxygen atoms in total. The fourth-order valence-corrected chi connectivity index (χ4v) is 2.39. The quantitative estimate of drug-likeness (QED) is 0.825. The maximum atomic E-state index is 4.21. The number of rotatable bonds is 4. The lowest BCUT2D eigenvalue weighted by Crippen LogP contribution is -2.50. The highest BCUT2D eigenvalue weighted by Gasteiger charge is 2.18. The van der Waals surface area contributed by atoms with Gasteiger partial charge >= 0.3 is 0 Å². The summed E-state index contributed by atoms with van der Waals surface area (Å²) in [5, 5.41) is 7.79. The van der Waals surface area contributed by atoms with Crippen molar-refractivity contribution in [3.63, 3.8) is 0 Å². The van der Waals surface area contributed by atoms with Crippen molar-refractivity contribution in [2.24, 2.45) is 7.05 Å². The molecular formula is C12H22N4. The van der Waals surface area contributed by atoms with Crippen LogP contribution < -0.4 is 5.32 Å². The van der Waals surface area contributed by atoms with Crippen LogP contribution in [0.1, 0.15) is 25.3 Å². The van der Waals surface area contributed by atoms with E-state index in [2.05, 4.69) is 28.4 Å². The largest absolute Gasteiger partial charge is 0.311 e. The second-order valence-corrected chi connectivity index (χ2v) is 4.70. The molecule has 0 aliphatic carbocycles. The predicted molar refractivity (Wildman–Crippen MR) is 65.2 cm³/mol. The van der Waals surface area contributed by atoms with Gasteiger partial charge in [0.2, 0.25) is 0 Å². The molecule has 4 heteroatoms.